The third kappa shape index (κ3) is 7.53. The van der Waals surface area contributed by atoms with Crippen LogP contribution >= 0.6 is 0 Å². The van der Waals surface area contributed by atoms with Crippen molar-refractivity contribution in [3.05, 3.63) is 29.8 Å². The van der Waals surface area contributed by atoms with Crippen molar-refractivity contribution < 1.29 is 9.59 Å². The van der Waals surface area contributed by atoms with E-state index in [0.717, 1.165) is 38.8 Å². The van der Waals surface area contributed by atoms with Gasteiger partial charge in [-0.3, -0.25) is 9.59 Å². The maximum Gasteiger partial charge on any atom is 0.225 e. The molecule has 174 valence electrons. The molecule has 1 aromatic rings. The number of likely N-dealkylation sites (tertiary alicyclic amines) is 1. The molecule has 6 nitrogen and oxygen atoms in total. The molecule has 1 saturated heterocycles. The Labute approximate surface area is 189 Å². The van der Waals surface area contributed by atoms with Crippen molar-refractivity contribution >= 4 is 17.5 Å². The molecule has 1 aliphatic heterocycles. The molecule has 0 saturated carbocycles. The van der Waals surface area contributed by atoms with E-state index in [1.807, 2.05) is 4.90 Å². The number of anilines is 1. The zero-order valence-corrected chi connectivity index (χ0v) is 20.4. The summed E-state index contributed by atoms with van der Waals surface area (Å²) in [6.45, 7) is 7.81. The normalized spacial score (nSPS) is 15.8. The summed E-state index contributed by atoms with van der Waals surface area (Å²) in [6.07, 6.45) is 4.06. The molecule has 0 aromatic heterocycles. The van der Waals surface area contributed by atoms with Crippen LogP contribution in [0, 0.1) is 5.92 Å². The lowest BCUT2D eigenvalue weighted by Crippen LogP contribution is -2.43. The fourth-order valence-corrected chi connectivity index (χ4v) is 4.42. The third-order valence-electron chi connectivity index (χ3n) is 6.49. The Kier molecular flexibility index (Phi) is 9.82. The number of likely N-dealkylation sites (N-methyl/N-ethyl adjacent to an activating group) is 1. The van der Waals surface area contributed by atoms with Gasteiger partial charge in [0.15, 0.2) is 0 Å². The Bertz CT molecular complexity index is 694. The predicted molar refractivity (Wildman–Crippen MR) is 128 cm³/mol. The molecule has 1 unspecified atom stereocenters. The van der Waals surface area contributed by atoms with E-state index in [2.05, 4.69) is 62.0 Å². The quantitative estimate of drug-likeness (QED) is 0.572. The Morgan fingerprint density at radius 2 is 1.68 bits per heavy atom. The lowest BCUT2D eigenvalue weighted by atomic mass is 9.95. The first kappa shape index (κ1) is 25.2. The van der Waals surface area contributed by atoms with Crippen molar-refractivity contribution in [1.82, 2.24) is 14.7 Å². The number of hydrogen-bond acceptors (Lipinski definition) is 4. The minimum atomic E-state index is 0.0715. The summed E-state index contributed by atoms with van der Waals surface area (Å²) in [5, 5.41) is 0. The molecule has 2 amide bonds. The number of hydrogen-bond donors (Lipinski definition) is 0. The first-order valence-electron chi connectivity index (χ1n) is 11.7. The molecule has 0 aliphatic carbocycles. The molecule has 1 fully saturated rings. The Morgan fingerprint density at radius 3 is 2.19 bits per heavy atom. The number of carbonyl (C=O) groups excluding carboxylic acids is 2. The molecular formula is C25H42N4O2. The first-order chi connectivity index (χ1) is 14.7. The van der Waals surface area contributed by atoms with Gasteiger partial charge in [0.2, 0.25) is 11.8 Å². The Morgan fingerprint density at radius 1 is 1.06 bits per heavy atom. The van der Waals surface area contributed by atoms with E-state index in [-0.39, 0.29) is 17.7 Å². The standard InChI is InChI=1S/C25H42N4O2/c1-7-28(20(2)19-21-10-12-23(13-11-21)26(3)4)16-8-9-24(30)29-17-14-22(15-18-29)25(31)27(5)6/h10-13,20,22H,7-9,14-19H2,1-6H3. The molecule has 2 rings (SSSR count). The van der Waals surface area contributed by atoms with Gasteiger partial charge in [0.1, 0.15) is 0 Å². The summed E-state index contributed by atoms with van der Waals surface area (Å²) in [4.78, 5) is 32.9. The lowest BCUT2D eigenvalue weighted by Gasteiger charge is -2.33. The smallest absolute Gasteiger partial charge is 0.225 e. The summed E-state index contributed by atoms with van der Waals surface area (Å²) >= 11 is 0. The molecule has 0 bridgehead atoms. The van der Waals surface area contributed by atoms with Crippen LogP contribution in [0.25, 0.3) is 0 Å². The second-order valence-corrected chi connectivity index (χ2v) is 9.23. The van der Waals surface area contributed by atoms with E-state index in [0.29, 0.717) is 25.6 Å². The molecule has 0 N–H and O–H groups in total. The highest BCUT2D eigenvalue weighted by Crippen LogP contribution is 2.20. The minimum absolute atomic E-state index is 0.0715. The number of benzene rings is 1. The van der Waals surface area contributed by atoms with Crippen LogP contribution < -0.4 is 4.90 Å². The van der Waals surface area contributed by atoms with Gasteiger partial charge in [-0.2, -0.15) is 0 Å². The van der Waals surface area contributed by atoms with E-state index in [4.69, 9.17) is 0 Å². The number of piperidine rings is 1. The number of nitrogens with zero attached hydrogens (tertiary/aromatic N) is 4. The van der Waals surface area contributed by atoms with Crippen LogP contribution in [0.5, 0.6) is 0 Å². The molecule has 1 aromatic carbocycles. The average molecular weight is 431 g/mol. The number of amides is 2. The molecule has 0 radical (unpaired) electrons. The van der Waals surface area contributed by atoms with Gasteiger partial charge in [-0.25, -0.2) is 0 Å². The largest absolute Gasteiger partial charge is 0.378 e. The van der Waals surface area contributed by atoms with E-state index >= 15 is 0 Å². The molecule has 6 heteroatoms. The van der Waals surface area contributed by atoms with Crippen LogP contribution in [-0.2, 0) is 16.0 Å². The Hall–Kier alpha value is -2.08. The second kappa shape index (κ2) is 12.1. The molecule has 31 heavy (non-hydrogen) atoms. The van der Waals surface area contributed by atoms with Gasteiger partial charge in [-0.05, 0) is 63.4 Å². The minimum Gasteiger partial charge on any atom is -0.378 e. The third-order valence-corrected chi connectivity index (χ3v) is 6.49. The van der Waals surface area contributed by atoms with Gasteiger partial charge < -0.3 is 19.6 Å². The summed E-state index contributed by atoms with van der Waals surface area (Å²) in [6, 6.07) is 9.22. The Balaban J connectivity index is 1.74. The highest BCUT2D eigenvalue weighted by atomic mass is 16.2. The first-order valence-corrected chi connectivity index (χ1v) is 11.7. The summed E-state index contributed by atoms with van der Waals surface area (Å²) < 4.78 is 0. The zero-order valence-electron chi connectivity index (χ0n) is 20.4. The monoisotopic (exact) mass is 430 g/mol. The summed E-state index contributed by atoms with van der Waals surface area (Å²) in [5.41, 5.74) is 2.57. The van der Waals surface area contributed by atoms with Crippen molar-refractivity contribution in [1.29, 1.82) is 0 Å². The lowest BCUT2D eigenvalue weighted by molar-refractivity contribution is -0.139. The predicted octanol–water partition coefficient (Wildman–Crippen LogP) is 3.11. The SMILES string of the molecule is CCN(CCCC(=O)N1CCC(C(=O)N(C)C)CC1)C(C)Cc1ccc(N(C)C)cc1. The van der Waals surface area contributed by atoms with Gasteiger partial charge in [0.25, 0.3) is 0 Å². The van der Waals surface area contributed by atoms with Crippen LogP contribution in [-0.4, -0.2) is 86.9 Å². The highest BCUT2D eigenvalue weighted by molar-refractivity contribution is 5.79. The van der Waals surface area contributed by atoms with Gasteiger partial charge in [-0.1, -0.05) is 19.1 Å². The van der Waals surface area contributed by atoms with Crippen LogP contribution in [0.3, 0.4) is 0 Å². The highest BCUT2D eigenvalue weighted by Gasteiger charge is 2.28. The molecular weight excluding hydrogens is 388 g/mol. The van der Waals surface area contributed by atoms with Crippen LogP contribution in [0.4, 0.5) is 5.69 Å². The average Bonchev–Trinajstić information content (AvgIpc) is 2.76. The van der Waals surface area contributed by atoms with Crippen molar-refractivity contribution in [2.24, 2.45) is 5.92 Å². The fourth-order valence-electron chi connectivity index (χ4n) is 4.42. The van der Waals surface area contributed by atoms with Gasteiger partial charge in [0.05, 0.1) is 0 Å². The van der Waals surface area contributed by atoms with Gasteiger partial charge in [-0.15, -0.1) is 0 Å². The van der Waals surface area contributed by atoms with Crippen molar-refractivity contribution in [2.75, 3.05) is 59.3 Å². The molecule has 1 aliphatic rings. The second-order valence-electron chi connectivity index (χ2n) is 9.23. The van der Waals surface area contributed by atoms with Crippen LogP contribution in [0.15, 0.2) is 24.3 Å². The molecule has 0 spiro atoms. The van der Waals surface area contributed by atoms with Crippen molar-refractivity contribution in [2.45, 2.75) is 52.0 Å². The summed E-state index contributed by atoms with van der Waals surface area (Å²) in [7, 11) is 7.73. The molecule has 1 heterocycles. The molecule has 1 atom stereocenters. The van der Waals surface area contributed by atoms with E-state index in [1.165, 1.54) is 11.3 Å². The van der Waals surface area contributed by atoms with Gasteiger partial charge in [0, 0.05) is 65.3 Å². The van der Waals surface area contributed by atoms with Crippen LogP contribution in [0.1, 0.15) is 45.1 Å². The maximum atomic E-state index is 12.6. The topological polar surface area (TPSA) is 47.1 Å². The fraction of sp³-hybridized carbons (Fsp3) is 0.680. The maximum absolute atomic E-state index is 12.6. The van der Waals surface area contributed by atoms with Crippen molar-refractivity contribution in [3.8, 4) is 0 Å². The number of carbonyl (C=O) groups is 2. The van der Waals surface area contributed by atoms with Gasteiger partial charge >= 0.3 is 0 Å². The van der Waals surface area contributed by atoms with Crippen LogP contribution in [0.2, 0.25) is 0 Å². The van der Waals surface area contributed by atoms with E-state index < -0.39 is 0 Å². The number of rotatable bonds is 10. The van der Waals surface area contributed by atoms with E-state index in [9.17, 15) is 9.59 Å². The van der Waals surface area contributed by atoms with E-state index in [1.54, 1.807) is 19.0 Å². The summed E-state index contributed by atoms with van der Waals surface area (Å²) in [5.74, 6) is 0.497. The zero-order chi connectivity index (χ0) is 23.0. The van der Waals surface area contributed by atoms with Crippen molar-refractivity contribution in [3.63, 3.8) is 0 Å².